The molecule has 0 aliphatic carbocycles. The lowest BCUT2D eigenvalue weighted by Crippen LogP contribution is -2.05. The van der Waals surface area contributed by atoms with Crippen molar-refractivity contribution in [1.29, 1.82) is 0 Å². The zero-order chi connectivity index (χ0) is 14.8. The smallest absolute Gasteiger partial charge is 0.316 e. The van der Waals surface area contributed by atoms with Crippen molar-refractivity contribution in [2.45, 2.75) is 18.6 Å². The second-order valence-corrected chi connectivity index (χ2v) is 5.34. The van der Waals surface area contributed by atoms with E-state index in [9.17, 15) is 4.79 Å². The molecule has 0 amide bonds. The van der Waals surface area contributed by atoms with E-state index in [-0.39, 0.29) is 11.7 Å². The summed E-state index contributed by atoms with van der Waals surface area (Å²) < 4.78 is 6.71. The molecular weight excluding hydrogens is 288 g/mol. The summed E-state index contributed by atoms with van der Waals surface area (Å²) in [7, 11) is 1.36. The van der Waals surface area contributed by atoms with Crippen LogP contribution in [0.3, 0.4) is 0 Å². The maximum atomic E-state index is 11.2. The number of hydrogen-bond donors (Lipinski definition) is 0. The fraction of sp³-hybridized carbons (Fsp3) is 0.286. The molecular formula is C14H14N4O2S. The first-order valence-electron chi connectivity index (χ1n) is 6.56. The average Bonchev–Trinajstić information content (AvgIpc) is 2.85. The largest absolute Gasteiger partial charge is 0.468 e. The standard InChI is InChI=1S/C14H14N4O2S/c1-3-18-10-7-5-4-6-9(10)12-13(18)15-14(17-16-12)21-8-11(19)20-2/h4-7H,3,8H2,1-2H3. The van der Waals surface area contributed by atoms with Crippen LogP contribution in [0.15, 0.2) is 29.4 Å². The molecule has 0 aliphatic rings. The van der Waals surface area contributed by atoms with Crippen molar-refractivity contribution in [3.05, 3.63) is 24.3 Å². The molecule has 0 unspecified atom stereocenters. The number of aryl methyl sites for hydroxylation is 1. The Morgan fingerprint density at radius 1 is 1.33 bits per heavy atom. The van der Waals surface area contributed by atoms with E-state index in [1.807, 2.05) is 24.3 Å². The van der Waals surface area contributed by atoms with Gasteiger partial charge in [0.2, 0.25) is 5.16 Å². The minimum atomic E-state index is -0.306. The van der Waals surface area contributed by atoms with Gasteiger partial charge in [-0.05, 0) is 13.0 Å². The molecule has 0 fully saturated rings. The number of fused-ring (bicyclic) bond motifs is 3. The first-order chi connectivity index (χ1) is 10.2. The highest BCUT2D eigenvalue weighted by Crippen LogP contribution is 2.26. The number of rotatable bonds is 4. The molecule has 7 heteroatoms. The van der Waals surface area contributed by atoms with Crippen molar-refractivity contribution in [1.82, 2.24) is 19.7 Å². The van der Waals surface area contributed by atoms with E-state index >= 15 is 0 Å². The molecule has 3 rings (SSSR count). The van der Waals surface area contributed by atoms with Crippen LogP contribution in [-0.4, -0.2) is 38.6 Å². The highest BCUT2D eigenvalue weighted by Gasteiger charge is 2.14. The van der Waals surface area contributed by atoms with E-state index < -0.39 is 0 Å². The lowest BCUT2D eigenvalue weighted by atomic mass is 10.2. The number of nitrogens with zero attached hydrogens (tertiary/aromatic N) is 4. The van der Waals surface area contributed by atoms with Gasteiger partial charge in [0.15, 0.2) is 5.65 Å². The van der Waals surface area contributed by atoms with E-state index in [0.29, 0.717) is 5.16 Å². The Labute approximate surface area is 125 Å². The number of carbonyl (C=O) groups is 1. The summed E-state index contributed by atoms with van der Waals surface area (Å²) >= 11 is 1.22. The summed E-state index contributed by atoms with van der Waals surface area (Å²) in [6, 6.07) is 8.03. The zero-order valence-corrected chi connectivity index (χ0v) is 12.6. The molecule has 2 aromatic heterocycles. The summed E-state index contributed by atoms with van der Waals surface area (Å²) in [5.41, 5.74) is 2.67. The van der Waals surface area contributed by atoms with Gasteiger partial charge in [0.25, 0.3) is 0 Å². The minimum absolute atomic E-state index is 0.177. The Morgan fingerprint density at radius 2 is 2.14 bits per heavy atom. The Bertz CT molecular complexity index is 815. The minimum Gasteiger partial charge on any atom is -0.468 e. The molecule has 3 aromatic rings. The third-order valence-electron chi connectivity index (χ3n) is 3.22. The maximum Gasteiger partial charge on any atom is 0.316 e. The van der Waals surface area contributed by atoms with Gasteiger partial charge in [-0.3, -0.25) is 4.79 Å². The Kier molecular flexibility index (Phi) is 3.74. The molecule has 6 nitrogen and oxygen atoms in total. The highest BCUT2D eigenvalue weighted by atomic mass is 32.2. The van der Waals surface area contributed by atoms with Crippen molar-refractivity contribution < 1.29 is 9.53 Å². The Balaban J connectivity index is 2.08. The lowest BCUT2D eigenvalue weighted by Gasteiger charge is -2.02. The summed E-state index contributed by atoms with van der Waals surface area (Å²) in [5, 5.41) is 9.88. The number of para-hydroxylation sites is 1. The SMILES string of the molecule is CCn1c2ccccc2c2nnc(SCC(=O)OC)nc21. The van der Waals surface area contributed by atoms with Crippen LogP contribution < -0.4 is 0 Å². The topological polar surface area (TPSA) is 69.9 Å². The van der Waals surface area contributed by atoms with Crippen molar-refractivity contribution >= 4 is 39.8 Å². The molecule has 1 aromatic carbocycles. The quantitative estimate of drug-likeness (QED) is 0.544. The van der Waals surface area contributed by atoms with Gasteiger partial charge in [0.05, 0.1) is 18.4 Å². The summed E-state index contributed by atoms with van der Waals surface area (Å²) in [6.07, 6.45) is 0. The van der Waals surface area contributed by atoms with Crippen LogP contribution in [0.2, 0.25) is 0 Å². The number of methoxy groups -OCH3 is 1. The highest BCUT2D eigenvalue weighted by molar-refractivity contribution is 7.99. The van der Waals surface area contributed by atoms with Gasteiger partial charge in [0.1, 0.15) is 5.52 Å². The van der Waals surface area contributed by atoms with Crippen LogP contribution in [0.4, 0.5) is 0 Å². The van der Waals surface area contributed by atoms with Gasteiger partial charge in [-0.1, -0.05) is 30.0 Å². The molecule has 0 saturated heterocycles. The zero-order valence-electron chi connectivity index (χ0n) is 11.7. The van der Waals surface area contributed by atoms with E-state index in [4.69, 9.17) is 0 Å². The van der Waals surface area contributed by atoms with Crippen LogP contribution in [0.25, 0.3) is 22.1 Å². The van der Waals surface area contributed by atoms with Crippen LogP contribution in [0.1, 0.15) is 6.92 Å². The molecule has 0 atom stereocenters. The van der Waals surface area contributed by atoms with Crippen LogP contribution >= 0.6 is 11.8 Å². The number of thioether (sulfide) groups is 1. The summed E-state index contributed by atoms with van der Waals surface area (Å²) in [6.45, 7) is 2.86. The van der Waals surface area contributed by atoms with E-state index in [1.165, 1.54) is 18.9 Å². The predicted molar refractivity (Wildman–Crippen MR) is 81.2 cm³/mol. The molecule has 0 aliphatic heterocycles. The molecule has 21 heavy (non-hydrogen) atoms. The van der Waals surface area contributed by atoms with Gasteiger partial charge in [-0.15, -0.1) is 10.2 Å². The van der Waals surface area contributed by atoms with Crippen molar-refractivity contribution in [3.8, 4) is 0 Å². The maximum absolute atomic E-state index is 11.2. The number of aromatic nitrogens is 4. The number of carbonyl (C=O) groups excluding carboxylic acids is 1. The molecule has 2 heterocycles. The van der Waals surface area contributed by atoms with Gasteiger partial charge in [0, 0.05) is 11.9 Å². The number of benzene rings is 1. The van der Waals surface area contributed by atoms with Crippen LogP contribution in [0, 0.1) is 0 Å². The average molecular weight is 302 g/mol. The first kappa shape index (κ1) is 13.8. The fourth-order valence-electron chi connectivity index (χ4n) is 2.25. The number of ether oxygens (including phenoxy) is 1. The second kappa shape index (κ2) is 5.69. The van der Waals surface area contributed by atoms with Gasteiger partial charge >= 0.3 is 5.97 Å². The van der Waals surface area contributed by atoms with Crippen LogP contribution in [-0.2, 0) is 16.1 Å². The second-order valence-electron chi connectivity index (χ2n) is 4.39. The predicted octanol–water partition coefficient (Wildman–Crippen LogP) is 2.26. The van der Waals surface area contributed by atoms with Crippen molar-refractivity contribution in [2.75, 3.05) is 12.9 Å². The van der Waals surface area contributed by atoms with Crippen LogP contribution in [0.5, 0.6) is 0 Å². The third kappa shape index (κ3) is 2.44. The molecule has 0 saturated carbocycles. The first-order valence-corrected chi connectivity index (χ1v) is 7.54. The molecule has 108 valence electrons. The molecule has 0 N–H and O–H groups in total. The normalized spacial score (nSPS) is 11.1. The van der Waals surface area contributed by atoms with E-state index in [0.717, 1.165) is 28.6 Å². The summed E-state index contributed by atoms with van der Waals surface area (Å²) in [5.74, 6) is -0.129. The summed E-state index contributed by atoms with van der Waals surface area (Å²) in [4.78, 5) is 15.7. The third-order valence-corrected chi connectivity index (χ3v) is 4.03. The Morgan fingerprint density at radius 3 is 2.90 bits per heavy atom. The molecule has 0 radical (unpaired) electrons. The van der Waals surface area contributed by atoms with Gasteiger partial charge < -0.3 is 9.30 Å². The molecule has 0 bridgehead atoms. The molecule has 0 spiro atoms. The van der Waals surface area contributed by atoms with E-state index in [2.05, 4.69) is 31.4 Å². The monoisotopic (exact) mass is 302 g/mol. The number of hydrogen-bond acceptors (Lipinski definition) is 6. The number of esters is 1. The Hall–Kier alpha value is -2.15. The van der Waals surface area contributed by atoms with Gasteiger partial charge in [-0.2, -0.15) is 0 Å². The van der Waals surface area contributed by atoms with E-state index in [1.54, 1.807) is 0 Å². The fourth-order valence-corrected chi connectivity index (χ4v) is 2.87. The van der Waals surface area contributed by atoms with Crippen molar-refractivity contribution in [3.63, 3.8) is 0 Å². The lowest BCUT2D eigenvalue weighted by molar-refractivity contribution is -0.137. The van der Waals surface area contributed by atoms with Gasteiger partial charge in [-0.25, -0.2) is 4.98 Å². The van der Waals surface area contributed by atoms with Crippen molar-refractivity contribution in [2.24, 2.45) is 0 Å².